The van der Waals surface area contributed by atoms with Crippen LogP contribution in [0, 0.1) is 12.8 Å². The van der Waals surface area contributed by atoms with Crippen LogP contribution in [-0.2, 0) is 11.2 Å². The largest absolute Gasteiger partial charge is 0.353 e. The van der Waals surface area contributed by atoms with Gasteiger partial charge in [0, 0.05) is 19.5 Å². The SMILES string of the molecule is Cc1nc(Cc2ccccc2)sc1C(=O)N1CCNC(=O)C1C(C)C. The summed E-state index contributed by atoms with van der Waals surface area (Å²) in [6.45, 7) is 6.85. The van der Waals surface area contributed by atoms with Crippen molar-refractivity contribution in [2.45, 2.75) is 33.2 Å². The quantitative estimate of drug-likeness (QED) is 0.915. The van der Waals surface area contributed by atoms with Crippen LogP contribution in [0.5, 0.6) is 0 Å². The summed E-state index contributed by atoms with van der Waals surface area (Å²) in [4.78, 5) is 32.2. The van der Waals surface area contributed by atoms with Gasteiger partial charge in [-0.25, -0.2) is 4.98 Å². The van der Waals surface area contributed by atoms with E-state index in [4.69, 9.17) is 0 Å². The third kappa shape index (κ3) is 3.74. The summed E-state index contributed by atoms with van der Waals surface area (Å²) in [7, 11) is 0. The molecular formula is C19H23N3O2S. The molecule has 1 aromatic heterocycles. The fraction of sp³-hybridized carbons (Fsp3) is 0.421. The molecule has 2 aromatic rings. The van der Waals surface area contributed by atoms with Gasteiger partial charge in [-0.1, -0.05) is 44.2 Å². The third-order valence-electron chi connectivity index (χ3n) is 4.38. The summed E-state index contributed by atoms with van der Waals surface area (Å²) in [5, 5.41) is 3.78. The lowest BCUT2D eigenvalue weighted by Crippen LogP contribution is -2.59. The lowest BCUT2D eigenvalue weighted by Gasteiger charge is -2.37. The molecule has 1 aliphatic heterocycles. The molecule has 0 bridgehead atoms. The minimum Gasteiger partial charge on any atom is -0.353 e. The molecule has 0 saturated carbocycles. The van der Waals surface area contributed by atoms with E-state index in [2.05, 4.69) is 22.4 Å². The van der Waals surface area contributed by atoms with Crippen LogP contribution in [0.3, 0.4) is 0 Å². The molecule has 1 fully saturated rings. The Balaban J connectivity index is 1.83. The summed E-state index contributed by atoms with van der Waals surface area (Å²) < 4.78 is 0. The molecule has 2 amide bonds. The molecule has 5 nitrogen and oxygen atoms in total. The van der Waals surface area contributed by atoms with E-state index in [-0.39, 0.29) is 17.7 Å². The zero-order valence-corrected chi connectivity index (χ0v) is 15.6. The van der Waals surface area contributed by atoms with Crippen LogP contribution >= 0.6 is 11.3 Å². The van der Waals surface area contributed by atoms with Crippen LogP contribution in [0.15, 0.2) is 30.3 Å². The Labute approximate surface area is 152 Å². The highest BCUT2D eigenvalue weighted by molar-refractivity contribution is 7.13. The van der Waals surface area contributed by atoms with Gasteiger partial charge in [-0.3, -0.25) is 9.59 Å². The Morgan fingerprint density at radius 1 is 1.36 bits per heavy atom. The fourth-order valence-corrected chi connectivity index (χ4v) is 4.26. The summed E-state index contributed by atoms with van der Waals surface area (Å²) in [6.07, 6.45) is 0.716. The van der Waals surface area contributed by atoms with Crippen LogP contribution in [0.2, 0.25) is 0 Å². The summed E-state index contributed by atoms with van der Waals surface area (Å²) >= 11 is 1.44. The van der Waals surface area contributed by atoms with E-state index < -0.39 is 6.04 Å². The molecule has 25 heavy (non-hydrogen) atoms. The number of carbonyl (C=O) groups is 2. The molecule has 1 saturated heterocycles. The Bertz CT molecular complexity index is 770. The Morgan fingerprint density at radius 2 is 2.08 bits per heavy atom. The zero-order chi connectivity index (χ0) is 18.0. The first-order valence-corrected chi connectivity index (χ1v) is 9.38. The van der Waals surface area contributed by atoms with E-state index in [1.807, 2.05) is 39.0 Å². The summed E-state index contributed by atoms with van der Waals surface area (Å²) in [6, 6.07) is 9.69. The van der Waals surface area contributed by atoms with Crippen molar-refractivity contribution < 1.29 is 9.59 Å². The molecule has 0 spiro atoms. The average Bonchev–Trinajstić information content (AvgIpc) is 2.94. The van der Waals surface area contributed by atoms with Crippen LogP contribution in [0.1, 0.15) is 39.8 Å². The van der Waals surface area contributed by atoms with Gasteiger partial charge in [0.2, 0.25) is 5.91 Å². The third-order valence-corrected chi connectivity index (χ3v) is 5.53. The number of nitrogens with one attached hydrogen (secondary N) is 1. The first kappa shape index (κ1) is 17.6. The summed E-state index contributed by atoms with van der Waals surface area (Å²) in [5.74, 6) is -0.0783. The number of rotatable bonds is 4. The number of piperazine rings is 1. The van der Waals surface area contributed by atoms with Crippen molar-refractivity contribution in [1.29, 1.82) is 0 Å². The van der Waals surface area contributed by atoms with Gasteiger partial charge in [-0.15, -0.1) is 11.3 Å². The van der Waals surface area contributed by atoms with Crippen molar-refractivity contribution in [1.82, 2.24) is 15.2 Å². The van der Waals surface area contributed by atoms with Gasteiger partial charge in [0.15, 0.2) is 0 Å². The van der Waals surface area contributed by atoms with E-state index in [0.717, 1.165) is 10.7 Å². The van der Waals surface area contributed by atoms with E-state index in [1.165, 1.54) is 16.9 Å². The molecular weight excluding hydrogens is 334 g/mol. The minimum atomic E-state index is -0.416. The van der Waals surface area contributed by atoms with Gasteiger partial charge in [0.05, 0.1) is 10.7 Å². The molecule has 6 heteroatoms. The highest BCUT2D eigenvalue weighted by Crippen LogP contribution is 2.25. The number of benzene rings is 1. The number of aromatic nitrogens is 1. The van der Waals surface area contributed by atoms with Gasteiger partial charge in [-0.2, -0.15) is 0 Å². The maximum Gasteiger partial charge on any atom is 0.266 e. The van der Waals surface area contributed by atoms with Crippen molar-refractivity contribution in [2.24, 2.45) is 5.92 Å². The lowest BCUT2D eigenvalue weighted by atomic mass is 9.99. The van der Waals surface area contributed by atoms with Crippen molar-refractivity contribution in [3.63, 3.8) is 0 Å². The normalized spacial score (nSPS) is 17.7. The Hall–Kier alpha value is -2.21. The number of amides is 2. The monoisotopic (exact) mass is 357 g/mol. The smallest absolute Gasteiger partial charge is 0.266 e. The number of hydrogen-bond acceptors (Lipinski definition) is 4. The molecule has 0 radical (unpaired) electrons. The van der Waals surface area contributed by atoms with Crippen molar-refractivity contribution >= 4 is 23.2 Å². The van der Waals surface area contributed by atoms with Crippen LogP contribution in [0.25, 0.3) is 0 Å². The van der Waals surface area contributed by atoms with E-state index >= 15 is 0 Å². The second-order valence-corrected chi connectivity index (χ2v) is 7.75. The molecule has 1 aliphatic rings. The second kappa shape index (κ2) is 7.35. The number of hydrogen-bond donors (Lipinski definition) is 1. The maximum absolute atomic E-state index is 13.1. The molecule has 2 heterocycles. The molecule has 3 rings (SSSR count). The predicted molar refractivity (Wildman–Crippen MR) is 98.8 cm³/mol. The average molecular weight is 357 g/mol. The van der Waals surface area contributed by atoms with Gasteiger partial charge in [0.1, 0.15) is 10.9 Å². The number of nitrogens with zero attached hydrogens (tertiary/aromatic N) is 2. The van der Waals surface area contributed by atoms with E-state index in [1.54, 1.807) is 4.90 Å². The van der Waals surface area contributed by atoms with E-state index in [9.17, 15) is 9.59 Å². The zero-order valence-electron chi connectivity index (χ0n) is 14.8. The molecule has 132 valence electrons. The minimum absolute atomic E-state index is 0.0683. The highest BCUT2D eigenvalue weighted by Gasteiger charge is 2.36. The highest BCUT2D eigenvalue weighted by atomic mass is 32.1. The fourth-order valence-electron chi connectivity index (χ4n) is 3.20. The standard InChI is InChI=1S/C19H23N3O2S/c1-12(2)16-18(23)20-9-10-22(16)19(24)17-13(3)21-15(25-17)11-14-7-5-4-6-8-14/h4-8,12,16H,9-11H2,1-3H3,(H,20,23). The maximum atomic E-state index is 13.1. The predicted octanol–water partition coefficient (Wildman–Crippen LogP) is 2.64. The first-order chi connectivity index (χ1) is 12.0. The first-order valence-electron chi connectivity index (χ1n) is 8.56. The topological polar surface area (TPSA) is 62.3 Å². The molecule has 1 atom stereocenters. The van der Waals surface area contributed by atoms with Gasteiger partial charge < -0.3 is 10.2 Å². The van der Waals surface area contributed by atoms with Crippen LogP contribution in [0.4, 0.5) is 0 Å². The Kier molecular flexibility index (Phi) is 5.18. The van der Waals surface area contributed by atoms with Gasteiger partial charge >= 0.3 is 0 Å². The van der Waals surface area contributed by atoms with Crippen molar-refractivity contribution in [3.8, 4) is 0 Å². The molecule has 1 N–H and O–H groups in total. The van der Waals surface area contributed by atoms with Crippen LogP contribution < -0.4 is 5.32 Å². The van der Waals surface area contributed by atoms with Crippen molar-refractivity contribution in [2.75, 3.05) is 13.1 Å². The number of thiazole rings is 1. The van der Waals surface area contributed by atoms with Crippen LogP contribution in [-0.4, -0.2) is 40.8 Å². The molecule has 1 aromatic carbocycles. The van der Waals surface area contributed by atoms with Gasteiger partial charge in [-0.05, 0) is 18.4 Å². The Morgan fingerprint density at radius 3 is 2.76 bits per heavy atom. The second-order valence-electron chi connectivity index (χ2n) is 6.66. The number of carbonyl (C=O) groups excluding carboxylic acids is 2. The number of aryl methyl sites for hydroxylation is 1. The van der Waals surface area contributed by atoms with Crippen molar-refractivity contribution in [3.05, 3.63) is 51.5 Å². The van der Waals surface area contributed by atoms with E-state index in [0.29, 0.717) is 24.4 Å². The van der Waals surface area contributed by atoms with Gasteiger partial charge in [0.25, 0.3) is 5.91 Å². The summed E-state index contributed by atoms with van der Waals surface area (Å²) in [5.41, 5.74) is 1.92. The molecule has 1 unspecified atom stereocenters. The lowest BCUT2D eigenvalue weighted by molar-refractivity contribution is -0.129. The molecule has 0 aliphatic carbocycles.